The largest absolute Gasteiger partial charge is 0.352 e. The average molecular weight is 279 g/mol. The number of nitrogens with one attached hydrogen (secondary N) is 2. The Bertz CT molecular complexity index is 776. The van der Waals surface area contributed by atoms with Gasteiger partial charge in [0, 0.05) is 12.1 Å². The molecule has 0 spiro atoms. The highest BCUT2D eigenvalue weighted by Gasteiger charge is 2.06. The second kappa shape index (κ2) is 5.79. The first kappa shape index (κ1) is 13.4. The fourth-order valence-electron chi connectivity index (χ4n) is 2.37. The van der Waals surface area contributed by atoms with Crippen molar-refractivity contribution in [1.82, 2.24) is 15.3 Å². The molecule has 0 fully saturated rings. The van der Waals surface area contributed by atoms with Gasteiger partial charge in [0.15, 0.2) is 0 Å². The highest BCUT2D eigenvalue weighted by Crippen LogP contribution is 2.11. The SMILES string of the molecule is Cc1cccc(CCNC(=O)c2ccc3nc[nH]c3c2)c1. The van der Waals surface area contributed by atoms with E-state index < -0.39 is 0 Å². The third kappa shape index (κ3) is 3.11. The summed E-state index contributed by atoms with van der Waals surface area (Å²) < 4.78 is 0. The molecule has 1 aromatic heterocycles. The molecular weight excluding hydrogens is 262 g/mol. The molecule has 1 amide bonds. The van der Waals surface area contributed by atoms with Crippen LogP contribution < -0.4 is 5.32 Å². The third-order valence-corrected chi connectivity index (χ3v) is 3.46. The molecule has 21 heavy (non-hydrogen) atoms. The Morgan fingerprint density at radius 1 is 1.24 bits per heavy atom. The zero-order valence-corrected chi connectivity index (χ0v) is 11.9. The minimum atomic E-state index is -0.0563. The van der Waals surface area contributed by atoms with E-state index in [-0.39, 0.29) is 5.91 Å². The van der Waals surface area contributed by atoms with Gasteiger partial charge in [0.2, 0.25) is 0 Å². The summed E-state index contributed by atoms with van der Waals surface area (Å²) in [5.74, 6) is -0.0563. The van der Waals surface area contributed by atoms with Crippen molar-refractivity contribution in [2.75, 3.05) is 6.54 Å². The van der Waals surface area contributed by atoms with Crippen molar-refractivity contribution in [3.05, 3.63) is 65.5 Å². The molecule has 0 aliphatic heterocycles. The van der Waals surface area contributed by atoms with Gasteiger partial charge in [-0.3, -0.25) is 4.79 Å². The lowest BCUT2D eigenvalue weighted by Gasteiger charge is -2.06. The van der Waals surface area contributed by atoms with Crippen molar-refractivity contribution in [3.63, 3.8) is 0 Å². The van der Waals surface area contributed by atoms with E-state index in [9.17, 15) is 4.79 Å². The standard InChI is InChI=1S/C17H17N3O/c1-12-3-2-4-13(9-12)7-8-18-17(21)14-5-6-15-16(10-14)20-11-19-15/h2-6,9-11H,7-8H2,1H3,(H,18,21)(H,19,20). The van der Waals surface area contributed by atoms with Gasteiger partial charge in [0.1, 0.15) is 0 Å². The molecule has 3 aromatic rings. The van der Waals surface area contributed by atoms with Gasteiger partial charge in [-0.2, -0.15) is 0 Å². The van der Waals surface area contributed by atoms with Crippen molar-refractivity contribution < 1.29 is 4.79 Å². The summed E-state index contributed by atoms with van der Waals surface area (Å²) in [7, 11) is 0. The lowest BCUT2D eigenvalue weighted by atomic mass is 10.1. The van der Waals surface area contributed by atoms with Crippen LogP contribution in [-0.2, 0) is 6.42 Å². The summed E-state index contributed by atoms with van der Waals surface area (Å²) in [5.41, 5.74) is 4.87. The number of amides is 1. The Balaban J connectivity index is 1.61. The number of hydrogen-bond donors (Lipinski definition) is 2. The average Bonchev–Trinajstić information content (AvgIpc) is 2.94. The molecule has 2 aromatic carbocycles. The van der Waals surface area contributed by atoms with Crippen LogP contribution >= 0.6 is 0 Å². The van der Waals surface area contributed by atoms with Gasteiger partial charge in [0.05, 0.1) is 17.4 Å². The molecule has 0 aliphatic carbocycles. The highest BCUT2D eigenvalue weighted by molar-refractivity contribution is 5.97. The molecule has 0 saturated carbocycles. The van der Waals surface area contributed by atoms with Crippen LogP contribution in [0.1, 0.15) is 21.5 Å². The predicted molar refractivity (Wildman–Crippen MR) is 83.3 cm³/mol. The maximum Gasteiger partial charge on any atom is 0.251 e. The monoisotopic (exact) mass is 279 g/mol. The normalized spacial score (nSPS) is 10.7. The van der Waals surface area contributed by atoms with Crippen molar-refractivity contribution in [2.24, 2.45) is 0 Å². The maximum atomic E-state index is 12.1. The van der Waals surface area contributed by atoms with Crippen LogP contribution in [0.3, 0.4) is 0 Å². The van der Waals surface area contributed by atoms with E-state index in [2.05, 4.69) is 40.4 Å². The Morgan fingerprint density at radius 2 is 2.14 bits per heavy atom. The molecule has 4 heteroatoms. The van der Waals surface area contributed by atoms with Crippen molar-refractivity contribution >= 4 is 16.9 Å². The van der Waals surface area contributed by atoms with E-state index in [1.807, 2.05) is 18.2 Å². The number of carbonyl (C=O) groups is 1. The van der Waals surface area contributed by atoms with E-state index in [1.54, 1.807) is 12.4 Å². The number of aryl methyl sites for hydroxylation is 1. The van der Waals surface area contributed by atoms with E-state index in [0.29, 0.717) is 12.1 Å². The maximum absolute atomic E-state index is 12.1. The van der Waals surface area contributed by atoms with Crippen LogP contribution in [-0.4, -0.2) is 22.4 Å². The van der Waals surface area contributed by atoms with Crippen LogP contribution in [0.5, 0.6) is 0 Å². The summed E-state index contributed by atoms with van der Waals surface area (Å²) in [6.07, 6.45) is 2.46. The zero-order chi connectivity index (χ0) is 14.7. The summed E-state index contributed by atoms with van der Waals surface area (Å²) in [4.78, 5) is 19.3. The highest BCUT2D eigenvalue weighted by atomic mass is 16.1. The summed E-state index contributed by atoms with van der Waals surface area (Å²) in [6.45, 7) is 2.70. The topological polar surface area (TPSA) is 57.8 Å². The fourth-order valence-corrected chi connectivity index (χ4v) is 2.37. The first-order valence-corrected chi connectivity index (χ1v) is 6.99. The minimum absolute atomic E-state index is 0.0563. The summed E-state index contributed by atoms with van der Waals surface area (Å²) in [6, 6.07) is 13.8. The number of benzene rings is 2. The van der Waals surface area contributed by atoms with Crippen LogP contribution in [0, 0.1) is 6.92 Å². The van der Waals surface area contributed by atoms with Crippen LogP contribution in [0.25, 0.3) is 11.0 Å². The minimum Gasteiger partial charge on any atom is -0.352 e. The van der Waals surface area contributed by atoms with Crippen LogP contribution in [0.2, 0.25) is 0 Å². The Morgan fingerprint density at radius 3 is 3.00 bits per heavy atom. The molecule has 2 N–H and O–H groups in total. The lowest BCUT2D eigenvalue weighted by molar-refractivity contribution is 0.0954. The molecule has 0 atom stereocenters. The van der Waals surface area contributed by atoms with Gasteiger partial charge in [-0.25, -0.2) is 4.98 Å². The van der Waals surface area contributed by atoms with Gasteiger partial charge in [-0.1, -0.05) is 29.8 Å². The predicted octanol–water partition coefficient (Wildman–Crippen LogP) is 2.84. The number of aromatic amines is 1. The number of fused-ring (bicyclic) bond motifs is 1. The Labute approximate surface area is 123 Å². The van der Waals surface area contributed by atoms with E-state index in [1.165, 1.54) is 11.1 Å². The van der Waals surface area contributed by atoms with Gasteiger partial charge < -0.3 is 10.3 Å². The smallest absolute Gasteiger partial charge is 0.251 e. The first-order chi connectivity index (χ1) is 10.2. The quantitative estimate of drug-likeness (QED) is 0.771. The van der Waals surface area contributed by atoms with E-state index in [4.69, 9.17) is 0 Å². The van der Waals surface area contributed by atoms with E-state index in [0.717, 1.165) is 17.5 Å². The fraction of sp³-hybridized carbons (Fsp3) is 0.176. The molecule has 4 nitrogen and oxygen atoms in total. The molecule has 3 rings (SSSR count). The third-order valence-electron chi connectivity index (χ3n) is 3.46. The number of H-pyrrole nitrogens is 1. The molecule has 1 heterocycles. The molecular formula is C17H17N3O. The number of imidazole rings is 1. The molecule has 0 radical (unpaired) electrons. The second-order valence-electron chi connectivity index (χ2n) is 5.13. The molecule has 0 unspecified atom stereocenters. The number of carbonyl (C=O) groups excluding carboxylic acids is 1. The summed E-state index contributed by atoms with van der Waals surface area (Å²) in [5, 5.41) is 2.95. The molecule has 0 bridgehead atoms. The second-order valence-corrected chi connectivity index (χ2v) is 5.13. The van der Waals surface area contributed by atoms with Crippen molar-refractivity contribution in [2.45, 2.75) is 13.3 Å². The molecule has 0 saturated heterocycles. The Kier molecular flexibility index (Phi) is 3.69. The van der Waals surface area contributed by atoms with Crippen LogP contribution in [0.15, 0.2) is 48.8 Å². The van der Waals surface area contributed by atoms with Gasteiger partial charge >= 0.3 is 0 Å². The molecule has 0 aliphatic rings. The number of aromatic nitrogens is 2. The van der Waals surface area contributed by atoms with E-state index >= 15 is 0 Å². The first-order valence-electron chi connectivity index (χ1n) is 6.99. The number of rotatable bonds is 4. The zero-order valence-electron chi connectivity index (χ0n) is 11.9. The van der Waals surface area contributed by atoms with Crippen LogP contribution in [0.4, 0.5) is 0 Å². The van der Waals surface area contributed by atoms with Crippen molar-refractivity contribution in [1.29, 1.82) is 0 Å². The lowest BCUT2D eigenvalue weighted by Crippen LogP contribution is -2.25. The van der Waals surface area contributed by atoms with Gasteiger partial charge in [0.25, 0.3) is 5.91 Å². The van der Waals surface area contributed by atoms with Gasteiger partial charge in [-0.15, -0.1) is 0 Å². The number of nitrogens with zero attached hydrogens (tertiary/aromatic N) is 1. The summed E-state index contributed by atoms with van der Waals surface area (Å²) >= 11 is 0. The Hall–Kier alpha value is -2.62. The van der Waals surface area contributed by atoms with Crippen molar-refractivity contribution in [3.8, 4) is 0 Å². The number of hydrogen-bond acceptors (Lipinski definition) is 2. The van der Waals surface area contributed by atoms with Gasteiger partial charge in [-0.05, 0) is 37.1 Å². The molecule has 106 valence electrons.